The summed E-state index contributed by atoms with van der Waals surface area (Å²) in [7, 11) is 5.53. The molecule has 2 aromatic rings. The average molecular weight is 359 g/mol. The first kappa shape index (κ1) is 18.4. The second-order valence-electron chi connectivity index (χ2n) is 7.23. The third kappa shape index (κ3) is 3.75. The van der Waals surface area contributed by atoms with Crippen molar-refractivity contribution in [2.24, 2.45) is 7.05 Å². The average Bonchev–Trinajstić information content (AvgIpc) is 3.25. The zero-order valence-corrected chi connectivity index (χ0v) is 16.1. The lowest BCUT2D eigenvalue weighted by atomic mass is 9.85. The lowest BCUT2D eigenvalue weighted by Gasteiger charge is -2.42. The van der Waals surface area contributed by atoms with Crippen LogP contribution in [0.3, 0.4) is 0 Å². The molecule has 0 atom stereocenters. The Morgan fingerprint density at radius 2 is 2.04 bits per heavy atom. The van der Waals surface area contributed by atoms with Gasteiger partial charge in [0.2, 0.25) is 5.91 Å². The number of carbonyl (C=O) groups excluding carboxylic acids is 1. The Morgan fingerprint density at radius 1 is 1.31 bits per heavy atom. The predicted molar refractivity (Wildman–Crippen MR) is 101 cm³/mol. The molecule has 0 aromatic carbocycles. The highest BCUT2D eigenvalue weighted by molar-refractivity contribution is 5.89. The van der Waals surface area contributed by atoms with Crippen LogP contribution in [-0.2, 0) is 24.9 Å². The number of nitrogens with zero attached hydrogens (tertiary/aromatic N) is 6. The quantitative estimate of drug-likeness (QED) is 0.838. The topological polar surface area (TPSA) is 71.2 Å². The zero-order valence-electron chi connectivity index (χ0n) is 16.1. The molecule has 0 saturated carbocycles. The molecule has 1 aliphatic rings. The second-order valence-corrected chi connectivity index (χ2v) is 7.23. The van der Waals surface area contributed by atoms with E-state index in [4.69, 9.17) is 0 Å². The van der Waals surface area contributed by atoms with Crippen LogP contribution >= 0.6 is 0 Å². The molecule has 8 heteroatoms. The Labute approximate surface area is 154 Å². The third-order valence-electron chi connectivity index (χ3n) is 5.13. The van der Waals surface area contributed by atoms with E-state index in [0.29, 0.717) is 0 Å². The van der Waals surface area contributed by atoms with Gasteiger partial charge in [-0.25, -0.2) is 0 Å². The molecular weight excluding hydrogens is 330 g/mol. The van der Waals surface area contributed by atoms with Gasteiger partial charge in [0.15, 0.2) is 0 Å². The Bertz CT molecular complexity index is 740. The summed E-state index contributed by atoms with van der Waals surface area (Å²) in [5, 5.41) is 12.0. The van der Waals surface area contributed by atoms with E-state index in [-0.39, 0.29) is 5.91 Å². The molecule has 3 rings (SSSR count). The Morgan fingerprint density at radius 3 is 2.58 bits per heavy atom. The standard InChI is InChI=1S/C18H29N7O/c1-5-25-14-15(12-20-25)13-24-10-7-18(8-11-24,17(26)22(2)3)21-16-6-9-19-23(16)4/h6,9,12,14,21H,5,7-8,10-11,13H2,1-4H3. The molecule has 3 heterocycles. The van der Waals surface area contributed by atoms with Crippen molar-refractivity contribution >= 4 is 11.7 Å². The van der Waals surface area contributed by atoms with Gasteiger partial charge in [0.25, 0.3) is 0 Å². The van der Waals surface area contributed by atoms with Crippen LogP contribution in [0.1, 0.15) is 25.3 Å². The molecule has 2 aromatic heterocycles. The number of hydrogen-bond donors (Lipinski definition) is 1. The molecule has 8 nitrogen and oxygen atoms in total. The van der Waals surface area contributed by atoms with Gasteiger partial charge in [-0.2, -0.15) is 10.2 Å². The Hall–Kier alpha value is -2.35. The molecule has 1 N–H and O–H groups in total. The molecular formula is C18H29N7O. The van der Waals surface area contributed by atoms with Gasteiger partial charge in [0.05, 0.1) is 12.4 Å². The summed E-state index contributed by atoms with van der Waals surface area (Å²) >= 11 is 0. The van der Waals surface area contributed by atoms with Gasteiger partial charge in [-0.3, -0.25) is 19.1 Å². The highest BCUT2D eigenvalue weighted by Gasteiger charge is 2.42. The minimum absolute atomic E-state index is 0.122. The van der Waals surface area contributed by atoms with Crippen LogP contribution in [0.15, 0.2) is 24.7 Å². The first-order valence-electron chi connectivity index (χ1n) is 9.15. The molecule has 0 bridgehead atoms. The monoisotopic (exact) mass is 359 g/mol. The van der Waals surface area contributed by atoms with Gasteiger partial charge in [0, 0.05) is 65.1 Å². The van der Waals surface area contributed by atoms with Crippen LogP contribution in [0.5, 0.6) is 0 Å². The highest BCUT2D eigenvalue weighted by atomic mass is 16.2. The number of likely N-dealkylation sites (tertiary alicyclic amines) is 1. The molecule has 1 aliphatic heterocycles. The summed E-state index contributed by atoms with van der Waals surface area (Å²) in [6.07, 6.45) is 7.30. The first-order chi connectivity index (χ1) is 12.4. The van der Waals surface area contributed by atoms with Crippen molar-refractivity contribution in [2.75, 3.05) is 32.5 Å². The minimum Gasteiger partial charge on any atom is -0.356 e. The molecule has 0 spiro atoms. The fraction of sp³-hybridized carbons (Fsp3) is 0.611. The zero-order chi connectivity index (χ0) is 18.7. The third-order valence-corrected chi connectivity index (χ3v) is 5.13. The number of aryl methyl sites for hydroxylation is 2. The number of likely N-dealkylation sites (N-methyl/N-ethyl adjacent to an activating group) is 1. The highest BCUT2D eigenvalue weighted by Crippen LogP contribution is 2.29. The summed E-state index contributed by atoms with van der Waals surface area (Å²) in [5.41, 5.74) is 0.638. The van der Waals surface area contributed by atoms with Crippen molar-refractivity contribution < 1.29 is 4.79 Å². The summed E-state index contributed by atoms with van der Waals surface area (Å²) in [4.78, 5) is 17.0. The summed E-state index contributed by atoms with van der Waals surface area (Å²) in [5.74, 6) is 0.995. The predicted octanol–water partition coefficient (Wildman–Crippen LogP) is 1.17. The van der Waals surface area contributed by atoms with Crippen LogP contribution in [0.4, 0.5) is 5.82 Å². The van der Waals surface area contributed by atoms with E-state index in [1.54, 1.807) is 15.8 Å². The van der Waals surface area contributed by atoms with Gasteiger partial charge in [0.1, 0.15) is 11.4 Å². The van der Waals surface area contributed by atoms with Crippen LogP contribution < -0.4 is 5.32 Å². The second kappa shape index (κ2) is 7.49. The van der Waals surface area contributed by atoms with Crippen LogP contribution in [-0.4, -0.2) is 68.0 Å². The minimum atomic E-state index is -0.582. The maximum absolute atomic E-state index is 13.0. The maximum Gasteiger partial charge on any atom is 0.247 e. The lowest BCUT2D eigenvalue weighted by molar-refractivity contribution is -0.135. The van der Waals surface area contributed by atoms with E-state index in [2.05, 4.69) is 33.5 Å². The number of aromatic nitrogens is 4. The normalized spacial score (nSPS) is 17.2. The number of carbonyl (C=O) groups is 1. The number of rotatable bonds is 6. The van der Waals surface area contributed by atoms with Crippen molar-refractivity contribution in [1.29, 1.82) is 0 Å². The molecule has 0 radical (unpaired) electrons. The summed E-state index contributed by atoms with van der Waals surface area (Å²) in [6.45, 7) is 5.57. The lowest BCUT2D eigenvalue weighted by Crippen LogP contribution is -2.58. The fourth-order valence-electron chi connectivity index (χ4n) is 3.57. The van der Waals surface area contributed by atoms with Crippen molar-refractivity contribution in [2.45, 2.75) is 38.4 Å². The molecule has 1 fully saturated rings. The maximum atomic E-state index is 13.0. The van der Waals surface area contributed by atoms with Gasteiger partial charge in [-0.1, -0.05) is 0 Å². The Balaban J connectivity index is 1.70. The van der Waals surface area contributed by atoms with Crippen molar-refractivity contribution in [1.82, 2.24) is 29.4 Å². The summed E-state index contributed by atoms with van der Waals surface area (Å²) < 4.78 is 3.72. The van der Waals surface area contributed by atoms with E-state index in [1.807, 2.05) is 38.1 Å². The van der Waals surface area contributed by atoms with Crippen molar-refractivity contribution in [3.8, 4) is 0 Å². The van der Waals surface area contributed by atoms with Crippen LogP contribution in [0.25, 0.3) is 0 Å². The molecule has 1 amide bonds. The summed E-state index contributed by atoms with van der Waals surface area (Å²) in [6, 6.07) is 1.91. The number of hydrogen-bond acceptors (Lipinski definition) is 5. The van der Waals surface area contributed by atoms with E-state index < -0.39 is 5.54 Å². The molecule has 142 valence electrons. The molecule has 0 aliphatic carbocycles. The van der Waals surface area contributed by atoms with E-state index in [9.17, 15) is 4.79 Å². The van der Waals surface area contributed by atoms with E-state index in [1.165, 1.54) is 5.56 Å². The SMILES string of the molecule is CCn1cc(CN2CCC(Nc3ccnn3C)(C(=O)N(C)C)CC2)cn1. The van der Waals surface area contributed by atoms with E-state index in [0.717, 1.165) is 44.8 Å². The smallest absolute Gasteiger partial charge is 0.247 e. The molecule has 0 unspecified atom stereocenters. The molecule has 1 saturated heterocycles. The molecule has 26 heavy (non-hydrogen) atoms. The largest absolute Gasteiger partial charge is 0.356 e. The van der Waals surface area contributed by atoms with Crippen LogP contribution in [0.2, 0.25) is 0 Å². The first-order valence-corrected chi connectivity index (χ1v) is 9.15. The number of nitrogens with one attached hydrogen (secondary N) is 1. The number of amides is 1. The number of piperidine rings is 1. The van der Waals surface area contributed by atoms with Crippen molar-refractivity contribution in [3.63, 3.8) is 0 Å². The van der Waals surface area contributed by atoms with Gasteiger partial charge in [-0.15, -0.1) is 0 Å². The van der Waals surface area contributed by atoms with Crippen LogP contribution in [0, 0.1) is 0 Å². The van der Waals surface area contributed by atoms with Gasteiger partial charge >= 0.3 is 0 Å². The van der Waals surface area contributed by atoms with E-state index >= 15 is 0 Å². The Kier molecular flexibility index (Phi) is 5.31. The van der Waals surface area contributed by atoms with Gasteiger partial charge in [-0.05, 0) is 19.8 Å². The van der Waals surface area contributed by atoms with Gasteiger partial charge < -0.3 is 10.2 Å². The number of anilines is 1. The fourth-order valence-corrected chi connectivity index (χ4v) is 3.57. The van der Waals surface area contributed by atoms with Crippen molar-refractivity contribution in [3.05, 3.63) is 30.2 Å².